The first-order chi connectivity index (χ1) is 11.3. The third kappa shape index (κ3) is 5.99. The van der Waals surface area contributed by atoms with Gasteiger partial charge in [-0.1, -0.05) is 87.8 Å². The Morgan fingerprint density at radius 2 is 1.78 bits per heavy atom. The first-order valence-electron chi connectivity index (χ1n) is 8.18. The summed E-state index contributed by atoms with van der Waals surface area (Å²) >= 11 is 0. The molecule has 23 heavy (non-hydrogen) atoms. The Labute approximate surface area is 141 Å². The van der Waals surface area contributed by atoms with Gasteiger partial charge in [-0.15, -0.1) is 0 Å². The Bertz CT molecular complexity index is 616. The first-order valence-corrected chi connectivity index (χ1v) is 8.18. The molecule has 0 spiro atoms. The lowest BCUT2D eigenvalue weighted by Crippen LogP contribution is -2.14. The third-order valence-electron chi connectivity index (χ3n) is 3.25. The third-order valence-corrected chi connectivity index (χ3v) is 3.25. The van der Waals surface area contributed by atoms with Crippen LogP contribution >= 0.6 is 0 Å². The van der Waals surface area contributed by atoms with Crippen LogP contribution < -0.4 is 5.32 Å². The smallest absolute Gasteiger partial charge is 0.0460 e. The standard InChI is InChI=1S/C20H21N.C2H6/c1-3-12-17(4-2)19-15-10-7-11-16-20(19)21-18-13-8-5-6-9-14-18;1-2/h3-8,11-16,21H,1-2,9-10H2;1-2H3/b17-12+;. The van der Waals surface area contributed by atoms with Gasteiger partial charge >= 0.3 is 0 Å². The maximum Gasteiger partial charge on any atom is 0.0460 e. The van der Waals surface area contributed by atoms with Gasteiger partial charge in [0.15, 0.2) is 0 Å². The molecule has 0 heterocycles. The topological polar surface area (TPSA) is 12.0 Å². The summed E-state index contributed by atoms with van der Waals surface area (Å²) in [5.74, 6) is 0. The van der Waals surface area contributed by atoms with Gasteiger partial charge in [0.2, 0.25) is 0 Å². The van der Waals surface area contributed by atoms with Crippen molar-refractivity contribution < 1.29 is 0 Å². The van der Waals surface area contributed by atoms with Crippen LogP contribution in [0.25, 0.3) is 0 Å². The highest BCUT2D eigenvalue weighted by Crippen LogP contribution is 2.23. The SMILES string of the molecule is C=C/C=C(\C=C)C1=CCC=CC=C1NC1=CCC=CC=C1.CC. The van der Waals surface area contributed by atoms with Gasteiger partial charge in [0, 0.05) is 17.0 Å². The molecule has 1 nitrogen and oxygen atoms in total. The molecule has 0 fully saturated rings. The van der Waals surface area contributed by atoms with Gasteiger partial charge in [0.1, 0.15) is 0 Å². The fourth-order valence-electron chi connectivity index (χ4n) is 2.23. The van der Waals surface area contributed by atoms with E-state index in [4.69, 9.17) is 0 Å². The summed E-state index contributed by atoms with van der Waals surface area (Å²) in [6.45, 7) is 11.7. The second-order valence-corrected chi connectivity index (χ2v) is 4.73. The Morgan fingerprint density at radius 3 is 2.52 bits per heavy atom. The second kappa shape index (κ2) is 11.1. The van der Waals surface area contributed by atoms with Crippen molar-refractivity contribution in [3.63, 3.8) is 0 Å². The van der Waals surface area contributed by atoms with Crippen LogP contribution in [0, 0.1) is 0 Å². The molecule has 0 radical (unpaired) electrons. The van der Waals surface area contributed by atoms with E-state index in [9.17, 15) is 0 Å². The van der Waals surface area contributed by atoms with Gasteiger partial charge in [-0.25, -0.2) is 0 Å². The zero-order chi connectivity index (χ0) is 16.9. The predicted octanol–water partition coefficient (Wildman–Crippen LogP) is 6.07. The van der Waals surface area contributed by atoms with E-state index in [0.717, 1.165) is 35.4 Å². The van der Waals surface area contributed by atoms with Gasteiger partial charge in [-0.2, -0.15) is 0 Å². The monoisotopic (exact) mass is 305 g/mol. The highest BCUT2D eigenvalue weighted by Gasteiger charge is 2.10. The van der Waals surface area contributed by atoms with E-state index in [1.807, 2.05) is 26.0 Å². The minimum Gasteiger partial charge on any atom is -0.355 e. The van der Waals surface area contributed by atoms with Gasteiger partial charge in [0.25, 0.3) is 0 Å². The molecule has 2 aliphatic carbocycles. The summed E-state index contributed by atoms with van der Waals surface area (Å²) in [7, 11) is 0. The summed E-state index contributed by atoms with van der Waals surface area (Å²) in [5, 5.41) is 3.51. The van der Waals surface area contributed by atoms with Crippen molar-refractivity contribution in [3.05, 3.63) is 109 Å². The molecule has 0 aliphatic heterocycles. The molecule has 1 heteroatoms. The molecule has 120 valence electrons. The van der Waals surface area contributed by atoms with E-state index in [1.54, 1.807) is 6.08 Å². The minimum absolute atomic E-state index is 0.912. The molecule has 1 N–H and O–H groups in total. The maximum absolute atomic E-state index is 3.91. The number of rotatable bonds is 5. The van der Waals surface area contributed by atoms with Crippen LogP contribution in [0.15, 0.2) is 109 Å². The van der Waals surface area contributed by atoms with Crippen molar-refractivity contribution in [2.75, 3.05) is 0 Å². The minimum atomic E-state index is 0.912. The van der Waals surface area contributed by atoms with Crippen LogP contribution in [0.2, 0.25) is 0 Å². The Hall–Kier alpha value is -2.54. The zero-order valence-electron chi connectivity index (χ0n) is 14.3. The number of hydrogen-bond donors (Lipinski definition) is 1. The molecule has 2 rings (SSSR count). The molecule has 0 unspecified atom stereocenters. The lowest BCUT2D eigenvalue weighted by Gasteiger charge is -2.16. The molecule has 0 saturated carbocycles. The first kappa shape index (κ1) is 18.5. The normalized spacial score (nSPS) is 16.8. The van der Waals surface area contributed by atoms with Crippen LogP contribution in [0.1, 0.15) is 26.7 Å². The fourth-order valence-corrected chi connectivity index (χ4v) is 2.23. The summed E-state index contributed by atoms with van der Waals surface area (Å²) in [5.41, 5.74) is 4.41. The van der Waals surface area contributed by atoms with Gasteiger partial charge in [-0.05, 0) is 30.6 Å². The van der Waals surface area contributed by atoms with Crippen molar-refractivity contribution >= 4 is 0 Å². The Kier molecular flexibility index (Phi) is 8.92. The van der Waals surface area contributed by atoms with Crippen LogP contribution in [-0.4, -0.2) is 0 Å². The van der Waals surface area contributed by atoms with Crippen LogP contribution in [0.3, 0.4) is 0 Å². The highest BCUT2D eigenvalue weighted by molar-refractivity contribution is 5.55. The summed E-state index contributed by atoms with van der Waals surface area (Å²) in [4.78, 5) is 0. The molecule has 2 aliphatic rings. The average Bonchev–Trinajstić information content (AvgIpc) is 2.98. The summed E-state index contributed by atoms with van der Waals surface area (Å²) < 4.78 is 0. The van der Waals surface area contributed by atoms with Crippen molar-refractivity contribution in [1.29, 1.82) is 0 Å². The highest BCUT2D eigenvalue weighted by atomic mass is 14.9. The van der Waals surface area contributed by atoms with Crippen molar-refractivity contribution in [1.82, 2.24) is 5.32 Å². The summed E-state index contributed by atoms with van der Waals surface area (Å²) in [6, 6.07) is 0. The van der Waals surface area contributed by atoms with E-state index < -0.39 is 0 Å². The fraction of sp³-hybridized carbons (Fsp3) is 0.182. The van der Waals surface area contributed by atoms with Gasteiger partial charge in [0.05, 0.1) is 0 Å². The molecule has 0 aromatic heterocycles. The van der Waals surface area contributed by atoms with Gasteiger partial charge < -0.3 is 5.32 Å². The molecule has 0 aromatic carbocycles. The molecular weight excluding hydrogens is 278 g/mol. The van der Waals surface area contributed by atoms with Crippen molar-refractivity contribution in [2.24, 2.45) is 0 Å². The molecule has 0 aromatic rings. The van der Waals surface area contributed by atoms with Crippen LogP contribution in [0.4, 0.5) is 0 Å². The van der Waals surface area contributed by atoms with E-state index in [2.05, 4.69) is 73.2 Å². The predicted molar refractivity (Wildman–Crippen MR) is 104 cm³/mol. The molecule has 0 bridgehead atoms. The van der Waals surface area contributed by atoms with E-state index in [0.29, 0.717) is 0 Å². The molecular formula is C22H27N. The number of nitrogens with one attached hydrogen (secondary N) is 1. The maximum atomic E-state index is 3.91. The van der Waals surface area contributed by atoms with E-state index >= 15 is 0 Å². The van der Waals surface area contributed by atoms with E-state index in [1.165, 1.54) is 0 Å². The van der Waals surface area contributed by atoms with E-state index in [-0.39, 0.29) is 0 Å². The molecule has 0 amide bonds. The number of hydrogen-bond acceptors (Lipinski definition) is 1. The quantitative estimate of drug-likeness (QED) is 0.608. The Morgan fingerprint density at radius 1 is 1.04 bits per heavy atom. The zero-order valence-corrected chi connectivity index (χ0v) is 14.3. The largest absolute Gasteiger partial charge is 0.355 e. The Balaban J connectivity index is 0.00000127. The second-order valence-electron chi connectivity index (χ2n) is 4.73. The molecule has 0 saturated heterocycles. The summed E-state index contributed by atoms with van der Waals surface area (Å²) in [6.07, 6.45) is 26.5. The molecule has 0 atom stereocenters. The van der Waals surface area contributed by atoms with Crippen LogP contribution in [0.5, 0.6) is 0 Å². The number of allylic oxidation sites excluding steroid dienone is 13. The van der Waals surface area contributed by atoms with Crippen molar-refractivity contribution in [3.8, 4) is 0 Å². The van der Waals surface area contributed by atoms with Gasteiger partial charge in [-0.3, -0.25) is 0 Å². The van der Waals surface area contributed by atoms with Crippen LogP contribution in [-0.2, 0) is 0 Å². The van der Waals surface area contributed by atoms with Crippen molar-refractivity contribution in [2.45, 2.75) is 26.7 Å². The average molecular weight is 305 g/mol. The lowest BCUT2D eigenvalue weighted by atomic mass is 10.0. The lowest BCUT2D eigenvalue weighted by molar-refractivity contribution is 1.01.